The second-order valence-electron chi connectivity index (χ2n) is 4.56. The molecule has 0 aromatic carbocycles. The van der Waals surface area contributed by atoms with Crippen molar-refractivity contribution in [2.45, 2.75) is 38.1 Å². The van der Waals surface area contributed by atoms with E-state index in [0.717, 1.165) is 12.8 Å². The molecule has 0 bridgehead atoms. The molecule has 0 saturated heterocycles. The Labute approximate surface area is 106 Å². The summed E-state index contributed by atoms with van der Waals surface area (Å²) in [6.45, 7) is 3.84. The van der Waals surface area contributed by atoms with Gasteiger partial charge in [-0.15, -0.1) is 6.58 Å². The highest BCUT2D eigenvalue weighted by molar-refractivity contribution is 6.29. The van der Waals surface area contributed by atoms with Crippen molar-refractivity contribution in [3.8, 4) is 0 Å². The lowest BCUT2D eigenvalue weighted by molar-refractivity contribution is 0.266. The van der Waals surface area contributed by atoms with Crippen LogP contribution in [-0.2, 0) is 0 Å². The van der Waals surface area contributed by atoms with E-state index in [2.05, 4.69) is 11.7 Å². The Morgan fingerprint density at radius 1 is 1.41 bits per heavy atom. The van der Waals surface area contributed by atoms with Gasteiger partial charge in [0.15, 0.2) is 0 Å². The predicted molar refractivity (Wildman–Crippen MR) is 69.3 cm³/mol. The molecule has 1 aliphatic rings. The number of allylic oxidation sites excluding steroid dienone is 1. The van der Waals surface area contributed by atoms with Gasteiger partial charge in [0.05, 0.1) is 6.04 Å². The molecule has 1 heterocycles. The molecule has 2 rings (SSSR count). The third-order valence-corrected chi connectivity index (χ3v) is 3.65. The van der Waals surface area contributed by atoms with Crippen LogP contribution in [0.4, 0.5) is 0 Å². The van der Waals surface area contributed by atoms with Crippen LogP contribution in [0.15, 0.2) is 29.6 Å². The van der Waals surface area contributed by atoms with Crippen molar-refractivity contribution in [3.05, 3.63) is 40.3 Å². The summed E-state index contributed by atoms with van der Waals surface area (Å²) in [5, 5.41) is 4.47. The Hall–Kier alpha value is -1.09. The van der Waals surface area contributed by atoms with E-state index in [1.807, 2.05) is 6.08 Å². The fourth-order valence-corrected chi connectivity index (χ4v) is 2.73. The first-order valence-electron chi connectivity index (χ1n) is 6.10. The van der Waals surface area contributed by atoms with Crippen molar-refractivity contribution in [3.63, 3.8) is 0 Å². The summed E-state index contributed by atoms with van der Waals surface area (Å²) < 4.78 is 1.48. The lowest BCUT2D eigenvalue weighted by atomic mass is 9.84. The molecule has 17 heavy (non-hydrogen) atoms. The zero-order valence-electron chi connectivity index (χ0n) is 9.81. The standard InChI is InChI=1S/C13H17ClN2O/c1-2-11(10-6-4-3-5-7-10)16-13(17)9-8-12(14)15-16/h2,8-11H,1,3-7H2. The van der Waals surface area contributed by atoms with Crippen molar-refractivity contribution < 1.29 is 0 Å². The molecule has 1 saturated carbocycles. The summed E-state index contributed by atoms with van der Waals surface area (Å²) in [4.78, 5) is 11.8. The Morgan fingerprint density at radius 2 is 2.12 bits per heavy atom. The molecule has 0 radical (unpaired) electrons. The van der Waals surface area contributed by atoms with E-state index < -0.39 is 0 Å². The minimum atomic E-state index is -0.107. The van der Waals surface area contributed by atoms with Gasteiger partial charge < -0.3 is 0 Å². The lowest BCUT2D eigenvalue weighted by Crippen LogP contribution is -2.31. The van der Waals surface area contributed by atoms with Crippen molar-refractivity contribution in [1.82, 2.24) is 9.78 Å². The van der Waals surface area contributed by atoms with Gasteiger partial charge in [-0.1, -0.05) is 36.9 Å². The van der Waals surface area contributed by atoms with E-state index >= 15 is 0 Å². The molecule has 4 heteroatoms. The number of hydrogen-bond acceptors (Lipinski definition) is 2. The molecule has 1 fully saturated rings. The second kappa shape index (κ2) is 5.50. The Balaban J connectivity index is 2.30. The SMILES string of the molecule is C=CC(C1CCCCC1)n1nc(Cl)ccc1=O. The van der Waals surface area contributed by atoms with Crippen LogP contribution in [0, 0.1) is 5.92 Å². The third-order valence-electron chi connectivity index (χ3n) is 3.45. The van der Waals surface area contributed by atoms with Gasteiger partial charge >= 0.3 is 0 Å². The normalized spacial score (nSPS) is 18.9. The predicted octanol–water partition coefficient (Wildman–Crippen LogP) is 3.20. The van der Waals surface area contributed by atoms with Crippen LogP contribution in [0.25, 0.3) is 0 Å². The zero-order valence-corrected chi connectivity index (χ0v) is 10.6. The van der Waals surface area contributed by atoms with Crippen molar-refractivity contribution in [1.29, 1.82) is 0 Å². The van der Waals surface area contributed by atoms with Crippen LogP contribution in [0.3, 0.4) is 0 Å². The second-order valence-corrected chi connectivity index (χ2v) is 4.95. The van der Waals surface area contributed by atoms with E-state index in [1.54, 1.807) is 0 Å². The summed E-state index contributed by atoms with van der Waals surface area (Å²) in [6.07, 6.45) is 7.84. The van der Waals surface area contributed by atoms with Gasteiger partial charge in [0.25, 0.3) is 5.56 Å². The average Bonchev–Trinajstić information content (AvgIpc) is 2.36. The van der Waals surface area contributed by atoms with Gasteiger partial charge in [-0.05, 0) is 24.8 Å². The first-order chi connectivity index (χ1) is 8.22. The molecule has 1 aliphatic carbocycles. The minimum Gasteiger partial charge on any atom is -0.268 e. The number of aromatic nitrogens is 2. The van der Waals surface area contributed by atoms with E-state index in [4.69, 9.17) is 11.6 Å². The number of hydrogen-bond donors (Lipinski definition) is 0. The molecule has 1 aromatic rings. The smallest absolute Gasteiger partial charge is 0.267 e. The summed E-state index contributed by atoms with van der Waals surface area (Å²) in [5.41, 5.74) is -0.107. The molecule has 0 spiro atoms. The van der Waals surface area contributed by atoms with E-state index in [9.17, 15) is 4.79 Å². The van der Waals surface area contributed by atoms with E-state index in [1.165, 1.54) is 36.1 Å². The largest absolute Gasteiger partial charge is 0.268 e. The monoisotopic (exact) mass is 252 g/mol. The van der Waals surface area contributed by atoms with Gasteiger partial charge in [0.1, 0.15) is 5.15 Å². The molecule has 1 aromatic heterocycles. The topological polar surface area (TPSA) is 34.9 Å². The van der Waals surface area contributed by atoms with Crippen molar-refractivity contribution in [2.24, 2.45) is 5.92 Å². The summed E-state index contributed by atoms with van der Waals surface area (Å²) in [5.74, 6) is 0.463. The molecule has 0 amide bonds. The molecule has 0 aliphatic heterocycles. The number of rotatable bonds is 3. The van der Waals surface area contributed by atoms with Gasteiger partial charge in [0.2, 0.25) is 0 Å². The molecule has 92 valence electrons. The molecule has 1 unspecified atom stereocenters. The number of halogens is 1. The quantitative estimate of drug-likeness (QED) is 0.775. The first-order valence-corrected chi connectivity index (χ1v) is 6.48. The van der Waals surface area contributed by atoms with Gasteiger partial charge in [-0.25, -0.2) is 4.68 Å². The Kier molecular flexibility index (Phi) is 4.00. The molecule has 1 atom stereocenters. The molecular formula is C13H17ClN2O. The molecule has 3 nitrogen and oxygen atoms in total. The van der Waals surface area contributed by atoms with Crippen LogP contribution < -0.4 is 5.56 Å². The van der Waals surface area contributed by atoms with Crippen LogP contribution in [0.5, 0.6) is 0 Å². The molecular weight excluding hydrogens is 236 g/mol. The maximum absolute atomic E-state index is 11.8. The van der Waals surface area contributed by atoms with Gasteiger partial charge in [-0.2, -0.15) is 5.10 Å². The van der Waals surface area contributed by atoms with Gasteiger partial charge in [0, 0.05) is 6.07 Å². The van der Waals surface area contributed by atoms with Crippen LogP contribution in [0.1, 0.15) is 38.1 Å². The minimum absolute atomic E-state index is 0.0264. The zero-order chi connectivity index (χ0) is 12.3. The van der Waals surface area contributed by atoms with E-state index in [-0.39, 0.29) is 11.6 Å². The maximum atomic E-state index is 11.8. The maximum Gasteiger partial charge on any atom is 0.267 e. The van der Waals surface area contributed by atoms with Gasteiger partial charge in [-0.3, -0.25) is 4.79 Å². The third kappa shape index (κ3) is 2.78. The average molecular weight is 253 g/mol. The highest BCUT2D eigenvalue weighted by atomic mass is 35.5. The number of nitrogens with zero attached hydrogens (tertiary/aromatic N) is 2. The first kappa shape index (κ1) is 12.4. The lowest BCUT2D eigenvalue weighted by Gasteiger charge is -2.28. The fourth-order valence-electron chi connectivity index (χ4n) is 2.58. The summed E-state index contributed by atoms with van der Waals surface area (Å²) in [6, 6.07) is 2.97. The Morgan fingerprint density at radius 3 is 2.76 bits per heavy atom. The highest BCUT2D eigenvalue weighted by Gasteiger charge is 2.24. The Bertz CT molecular complexity index is 449. The fraction of sp³-hybridized carbons (Fsp3) is 0.538. The van der Waals surface area contributed by atoms with Crippen molar-refractivity contribution >= 4 is 11.6 Å². The van der Waals surface area contributed by atoms with Crippen LogP contribution >= 0.6 is 11.6 Å². The molecule has 0 N–H and O–H groups in total. The summed E-state index contributed by atoms with van der Waals surface area (Å²) in [7, 11) is 0. The van der Waals surface area contributed by atoms with Crippen LogP contribution in [0.2, 0.25) is 5.15 Å². The van der Waals surface area contributed by atoms with Crippen molar-refractivity contribution in [2.75, 3.05) is 0 Å². The summed E-state index contributed by atoms with van der Waals surface area (Å²) >= 11 is 5.85. The van der Waals surface area contributed by atoms with E-state index in [0.29, 0.717) is 11.1 Å². The van der Waals surface area contributed by atoms with Crippen LogP contribution in [-0.4, -0.2) is 9.78 Å². The highest BCUT2D eigenvalue weighted by Crippen LogP contribution is 2.32.